The first-order valence-electron chi connectivity index (χ1n) is 8.85. The summed E-state index contributed by atoms with van der Waals surface area (Å²) in [5, 5.41) is 2.78. The first kappa shape index (κ1) is 19.8. The number of rotatable bonds is 8. The number of hydrogen-bond donors (Lipinski definition) is 1. The SMILES string of the molecule is O=C(CCCOc1ccc(C(=O)c2ccccc2Br)cc1)Nc1cccnc1. The Bertz CT molecular complexity index is 944. The van der Waals surface area contributed by atoms with Crippen LogP contribution in [0.3, 0.4) is 0 Å². The topological polar surface area (TPSA) is 68.3 Å². The molecule has 0 aliphatic carbocycles. The Labute approximate surface area is 171 Å². The Balaban J connectivity index is 1.45. The maximum atomic E-state index is 12.5. The fourth-order valence-corrected chi connectivity index (χ4v) is 3.05. The molecule has 0 aliphatic rings. The number of amides is 1. The molecule has 1 amide bonds. The number of ether oxygens (including phenoxy) is 1. The second kappa shape index (κ2) is 9.80. The van der Waals surface area contributed by atoms with Crippen molar-refractivity contribution in [1.82, 2.24) is 4.98 Å². The largest absolute Gasteiger partial charge is 0.494 e. The van der Waals surface area contributed by atoms with E-state index < -0.39 is 0 Å². The highest BCUT2D eigenvalue weighted by molar-refractivity contribution is 9.10. The molecule has 28 heavy (non-hydrogen) atoms. The normalized spacial score (nSPS) is 10.3. The van der Waals surface area contributed by atoms with E-state index in [-0.39, 0.29) is 11.7 Å². The van der Waals surface area contributed by atoms with Crippen molar-refractivity contribution in [3.8, 4) is 5.75 Å². The number of pyridine rings is 1. The van der Waals surface area contributed by atoms with Crippen LogP contribution in [0.1, 0.15) is 28.8 Å². The number of halogens is 1. The monoisotopic (exact) mass is 438 g/mol. The van der Waals surface area contributed by atoms with Crippen molar-refractivity contribution in [1.29, 1.82) is 0 Å². The minimum Gasteiger partial charge on any atom is -0.494 e. The quantitative estimate of drug-likeness (QED) is 0.402. The van der Waals surface area contributed by atoms with Gasteiger partial charge in [-0.2, -0.15) is 0 Å². The zero-order valence-electron chi connectivity index (χ0n) is 15.1. The minimum atomic E-state index is -0.0778. The molecule has 1 aromatic heterocycles. The molecule has 0 aliphatic heterocycles. The summed E-state index contributed by atoms with van der Waals surface area (Å²) in [4.78, 5) is 28.4. The number of ketones is 1. The molecule has 2 aromatic carbocycles. The molecule has 0 radical (unpaired) electrons. The molecule has 142 valence electrons. The van der Waals surface area contributed by atoms with Gasteiger partial charge in [-0.15, -0.1) is 0 Å². The van der Waals surface area contributed by atoms with Crippen molar-refractivity contribution in [3.63, 3.8) is 0 Å². The highest BCUT2D eigenvalue weighted by Gasteiger charge is 2.12. The zero-order valence-corrected chi connectivity index (χ0v) is 16.7. The van der Waals surface area contributed by atoms with Gasteiger partial charge in [0, 0.05) is 28.2 Å². The summed E-state index contributed by atoms with van der Waals surface area (Å²) in [6.07, 6.45) is 4.20. The van der Waals surface area contributed by atoms with Crippen LogP contribution in [0.4, 0.5) is 5.69 Å². The van der Waals surface area contributed by atoms with Gasteiger partial charge in [-0.1, -0.05) is 28.1 Å². The van der Waals surface area contributed by atoms with Crippen molar-refractivity contribution < 1.29 is 14.3 Å². The number of benzene rings is 2. The van der Waals surface area contributed by atoms with E-state index in [9.17, 15) is 9.59 Å². The third kappa shape index (κ3) is 5.50. The molecule has 0 saturated carbocycles. The predicted octanol–water partition coefficient (Wildman–Crippen LogP) is 4.87. The van der Waals surface area contributed by atoms with Crippen molar-refractivity contribution >= 4 is 33.3 Å². The molecule has 3 rings (SSSR count). The van der Waals surface area contributed by atoms with Crippen LogP contribution in [0.5, 0.6) is 5.75 Å². The number of anilines is 1. The highest BCUT2D eigenvalue weighted by atomic mass is 79.9. The van der Waals surface area contributed by atoms with Crippen LogP contribution in [0.2, 0.25) is 0 Å². The Kier molecular flexibility index (Phi) is 6.92. The van der Waals surface area contributed by atoms with Crippen molar-refractivity contribution in [2.75, 3.05) is 11.9 Å². The summed E-state index contributed by atoms with van der Waals surface area (Å²) in [5.74, 6) is 0.536. The molecule has 0 saturated heterocycles. The Morgan fingerprint density at radius 2 is 1.79 bits per heavy atom. The van der Waals surface area contributed by atoms with Gasteiger partial charge in [0.2, 0.25) is 5.91 Å². The second-order valence-electron chi connectivity index (χ2n) is 6.08. The number of hydrogen-bond acceptors (Lipinski definition) is 4. The van der Waals surface area contributed by atoms with Crippen molar-refractivity contribution in [3.05, 3.63) is 88.7 Å². The molecule has 0 fully saturated rings. The molecular weight excluding hydrogens is 420 g/mol. The van der Waals surface area contributed by atoms with Crippen LogP contribution in [-0.2, 0) is 4.79 Å². The molecule has 0 unspecified atom stereocenters. The first-order chi connectivity index (χ1) is 13.6. The molecule has 6 heteroatoms. The van der Waals surface area contributed by atoms with Gasteiger partial charge < -0.3 is 10.1 Å². The van der Waals surface area contributed by atoms with E-state index in [1.807, 2.05) is 18.2 Å². The summed E-state index contributed by atoms with van der Waals surface area (Å²) in [6.45, 7) is 0.415. The Hall–Kier alpha value is -2.99. The number of carbonyl (C=O) groups excluding carboxylic acids is 2. The third-order valence-corrected chi connectivity index (χ3v) is 4.69. The zero-order chi connectivity index (χ0) is 19.8. The summed E-state index contributed by atoms with van der Waals surface area (Å²) < 4.78 is 6.43. The Morgan fingerprint density at radius 3 is 2.50 bits per heavy atom. The van der Waals surface area contributed by atoms with E-state index in [1.54, 1.807) is 54.9 Å². The van der Waals surface area contributed by atoms with E-state index in [0.717, 1.165) is 4.47 Å². The van der Waals surface area contributed by atoms with Crippen LogP contribution >= 0.6 is 15.9 Å². The number of carbonyl (C=O) groups is 2. The summed E-state index contributed by atoms with van der Waals surface area (Å²) in [5.41, 5.74) is 1.89. The van der Waals surface area contributed by atoms with Gasteiger partial charge in [-0.3, -0.25) is 14.6 Å². The summed E-state index contributed by atoms with van der Waals surface area (Å²) >= 11 is 3.40. The second-order valence-corrected chi connectivity index (χ2v) is 6.93. The Morgan fingerprint density at radius 1 is 1.00 bits per heavy atom. The highest BCUT2D eigenvalue weighted by Crippen LogP contribution is 2.21. The number of aromatic nitrogens is 1. The van der Waals surface area contributed by atoms with E-state index in [4.69, 9.17) is 4.74 Å². The van der Waals surface area contributed by atoms with Gasteiger partial charge in [0.1, 0.15) is 5.75 Å². The fourth-order valence-electron chi connectivity index (χ4n) is 2.59. The maximum Gasteiger partial charge on any atom is 0.224 e. The van der Waals surface area contributed by atoms with Crippen LogP contribution in [0.15, 0.2) is 77.5 Å². The lowest BCUT2D eigenvalue weighted by Gasteiger charge is -2.08. The minimum absolute atomic E-state index is 0.0499. The molecule has 5 nitrogen and oxygen atoms in total. The summed E-state index contributed by atoms with van der Waals surface area (Å²) in [6, 6.07) is 17.9. The number of nitrogens with one attached hydrogen (secondary N) is 1. The first-order valence-corrected chi connectivity index (χ1v) is 9.65. The van der Waals surface area contributed by atoms with Crippen LogP contribution in [0, 0.1) is 0 Å². The van der Waals surface area contributed by atoms with Gasteiger partial charge in [-0.25, -0.2) is 0 Å². The molecule has 1 heterocycles. The third-order valence-electron chi connectivity index (χ3n) is 4.00. The lowest BCUT2D eigenvalue weighted by molar-refractivity contribution is -0.116. The smallest absolute Gasteiger partial charge is 0.224 e. The average molecular weight is 439 g/mol. The van der Waals surface area contributed by atoms with E-state index in [1.165, 1.54) is 0 Å². The summed E-state index contributed by atoms with van der Waals surface area (Å²) in [7, 11) is 0. The van der Waals surface area contributed by atoms with Gasteiger partial charge in [0.15, 0.2) is 5.78 Å². The van der Waals surface area contributed by atoms with Crippen LogP contribution in [-0.4, -0.2) is 23.3 Å². The van der Waals surface area contributed by atoms with Crippen LogP contribution < -0.4 is 10.1 Å². The lowest BCUT2D eigenvalue weighted by atomic mass is 10.0. The molecule has 0 spiro atoms. The van der Waals surface area contributed by atoms with E-state index in [2.05, 4.69) is 26.2 Å². The van der Waals surface area contributed by atoms with Crippen molar-refractivity contribution in [2.45, 2.75) is 12.8 Å². The fraction of sp³-hybridized carbons (Fsp3) is 0.136. The van der Waals surface area contributed by atoms with Gasteiger partial charge in [-0.05, 0) is 55.0 Å². The molecule has 0 bridgehead atoms. The molecule has 0 atom stereocenters. The predicted molar refractivity (Wildman–Crippen MR) is 112 cm³/mol. The van der Waals surface area contributed by atoms with Gasteiger partial charge in [0.05, 0.1) is 18.5 Å². The van der Waals surface area contributed by atoms with Gasteiger partial charge in [0.25, 0.3) is 0 Å². The lowest BCUT2D eigenvalue weighted by Crippen LogP contribution is -2.12. The number of nitrogens with zero attached hydrogens (tertiary/aromatic N) is 1. The van der Waals surface area contributed by atoms with E-state index >= 15 is 0 Å². The van der Waals surface area contributed by atoms with E-state index in [0.29, 0.717) is 42.0 Å². The maximum absolute atomic E-state index is 12.5. The van der Waals surface area contributed by atoms with Crippen LogP contribution in [0.25, 0.3) is 0 Å². The molecular formula is C22H19BrN2O3. The standard InChI is InChI=1S/C22H19BrN2O3/c23-20-7-2-1-6-19(20)22(27)16-9-11-18(12-10-16)28-14-4-8-21(26)25-17-5-3-13-24-15-17/h1-3,5-7,9-13,15H,4,8,14H2,(H,25,26). The molecule has 3 aromatic rings. The molecule has 1 N–H and O–H groups in total. The van der Waals surface area contributed by atoms with Gasteiger partial charge >= 0.3 is 0 Å². The average Bonchev–Trinajstić information content (AvgIpc) is 2.72. The van der Waals surface area contributed by atoms with Crippen molar-refractivity contribution in [2.24, 2.45) is 0 Å².